The van der Waals surface area contributed by atoms with E-state index in [9.17, 15) is 0 Å². The summed E-state index contributed by atoms with van der Waals surface area (Å²) >= 11 is 0. The van der Waals surface area contributed by atoms with E-state index < -0.39 is 0 Å². The van der Waals surface area contributed by atoms with Crippen LogP contribution in [0.25, 0.3) is 0 Å². The third kappa shape index (κ3) is 9.78. The molecule has 26 heavy (non-hydrogen) atoms. The Bertz CT molecular complexity index is 498. The van der Waals surface area contributed by atoms with Gasteiger partial charge >= 0.3 is 0 Å². The molecule has 5 nitrogen and oxygen atoms in total. The van der Waals surface area contributed by atoms with Crippen LogP contribution in [0.2, 0.25) is 0 Å². The number of hydrogen-bond acceptors (Lipinski definition) is 3. The first kappa shape index (κ1) is 22.5. The number of methoxy groups -OCH3 is 1. The van der Waals surface area contributed by atoms with Crippen molar-refractivity contribution in [1.82, 2.24) is 10.6 Å². The van der Waals surface area contributed by atoms with Gasteiger partial charge in [-0.05, 0) is 30.7 Å². The molecule has 0 aliphatic carbocycles. The van der Waals surface area contributed by atoms with E-state index in [1.54, 1.807) is 7.11 Å². The normalized spacial score (nSPS) is 13.5. The zero-order chi connectivity index (χ0) is 19.3. The summed E-state index contributed by atoms with van der Waals surface area (Å²) in [4.78, 5) is 4.66. The maximum Gasteiger partial charge on any atom is 0.191 e. The monoisotopic (exact) mass is 363 g/mol. The third-order valence-electron chi connectivity index (χ3n) is 4.13. The molecule has 0 saturated heterocycles. The first-order valence-corrected chi connectivity index (χ1v) is 9.64. The van der Waals surface area contributed by atoms with Crippen LogP contribution in [0.3, 0.4) is 0 Å². The van der Waals surface area contributed by atoms with Crippen LogP contribution in [0.15, 0.2) is 35.3 Å². The van der Waals surface area contributed by atoms with E-state index in [1.807, 2.05) is 18.2 Å². The second-order valence-corrected chi connectivity index (χ2v) is 7.48. The molecule has 1 unspecified atom stereocenters. The Morgan fingerprint density at radius 2 is 1.85 bits per heavy atom. The Morgan fingerprint density at radius 1 is 1.12 bits per heavy atom. The van der Waals surface area contributed by atoms with Crippen molar-refractivity contribution in [1.29, 1.82) is 0 Å². The molecule has 1 aromatic rings. The van der Waals surface area contributed by atoms with Gasteiger partial charge in [0.15, 0.2) is 5.96 Å². The second-order valence-electron chi connectivity index (χ2n) is 7.48. The van der Waals surface area contributed by atoms with Crippen LogP contribution in [0.5, 0.6) is 0 Å². The lowest BCUT2D eigenvalue weighted by Gasteiger charge is -2.28. The molecule has 0 radical (unpaired) electrons. The van der Waals surface area contributed by atoms with Crippen molar-refractivity contribution in [3.8, 4) is 0 Å². The molecule has 0 amide bonds. The van der Waals surface area contributed by atoms with Gasteiger partial charge in [0.1, 0.15) is 0 Å². The average molecular weight is 364 g/mol. The van der Waals surface area contributed by atoms with Gasteiger partial charge in [0.05, 0.1) is 19.3 Å². The van der Waals surface area contributed by atoms with Gasteiger partial charge in [-0.1, -0.05) is 51.1 Å². The molecular weight excluding hydrogens is 326 g/mol. The van der Waals surface area contributed by atoms with E-state index in [0.717, 1.165) is 38.5 Å². The van der Waals surface area contributed by atoms with E-state index in [4.69, 9.17) is 9.47 Å². The molecule has 0 spiro atoms. The van der Waals surface area contributed by atoms with Crippen LogP contribution in [0, 0.1) is 5.41 Å². The van der Waals surface area contributed by atoms with E-state index in [1.165, 1.54) is 5.56 Å². The topological polar surface area (TPSA) is 54.9 Å². The molecule has 2 N–H and O–H groups in total. The molecule has 0 bridgehead atoms. The number of ether oxygens (including phenoxy) is 2. The van der Waals surface area contributed by atoms with Crippen LogP contribution in [0.4, 0.5) is 0 Å². The largest absolute Gasteiger partial charge is 0.379 e. The summed E-state index contributed by atoms with van der Waals surface area (Å²) in [6.07, 6.45) is 2.18. The molecule has 1 rings (SSSR count). The van der Waals surface area contributed by atoms with Gasteiger partial charge in [-0.3, -0.25) is 4.99 Å². The zero-order valence-corrected chi connectivity index (χ0v) is 17.2. The van der Waals surface area contributed by atoms with Crippen molar-refractivity contribution in [2.45, 2.75) is 53.2 Å². The lowest BCUT2D eigenvalue weighted by Crippen LogP contribution is -2.39. The van der Waals surface area contributed by atoms with Gasteiger partial charge in [0.2, 0.25) is 0 Å². The first-order valence-electron chi connectivity index (χ1n) is 9.64. The van der Waals surface area contributed by atoms with E-state index in [2.05, 4.69) is 55.5 Å². The van der Waals surface area contributed by atoms with Gasteiger partial charge in [-0.2, -0.15) is 0 Å². The fraction of sp³-hybridized carbons (Fsp3) is 0.667. The number of benzene rings is 1. The number of nitrogens with one attached hydrogen (secondary N) is 2. The molecule has 1 atom stereocenters. The van der Waals surface area contributed by atoms with Gasteiger partial charge in [-0.15, -0.1) is 0 Å². The minimum Gasteiger partial charge on any atom is -0.379 e. The summed E-state index contributed by atoms with van der Waals surface area (Å²) in [5.74, 6) is 0.851. The molecular formula is C21H37N3O2. The summed E-state index contributed by atoms with van der Waals surface area (Å²) in [5.41, 5.74) is 1.30. The molecule has 1 aromatic carbocycles. The zero-order valence-electron chi connectivity index (χ0n) is 17.2. The van der Waals surface area contributed by atoms with Crippen molar-refractivity contribution in [2.24, 2.45) is 10.4 Å². The highest BCUT2D eigenvalue weighted by atomic mass is 16.5. The van der Waals surface area contributed by atoms with Crippen molar-refractivity contribution in [2.75, 3.05) is 33.4 Å². The molecule has 0 aliphatic heterocycles. The highest BCUT2D eigenvalue weighted by Gasteiger charge is 2.23. The molecule has 0 aliphatic rings. The smallest absolute Gasteiger partial charge is 0.191 e. The van der Waals surface area contributed by atoms with E-state index in [-0.39, 0.29) is 11.5 Å². The van der Waals surface area contributed by atoms with Gasteiger partial charge < -0.3 is 20.1 Å². The number of guanidine groups is 1. The summed E-state index contributed by atoms with van der Waals surface area (Å²) in [7, 11) is 1.75. The Hall–Kier alpha value is -1.59. The second kappa shape index (κ2) is 12.7. The summed E-state index contributed by atoms with van der Waals surface area (Å²) in [6, 6.07) is 10.3. The highest BCUT2D eigenvalue weighted by Crippen LogP contribution is 2.21. The number of nitrogens with zero attached hydrogens (tertiary/aromatic N) is 1. The molecule has 0 aromatic heterocycles. The summed E-state index contributed by atoms with van der Waals surface area (Å²) in [6.45, 7) is 12.4. The standard InChI is InChI=1S/C21H37N3O2/c1-6-22-20(24-16-19(25-5)21(2,3)4)23-14-10-11-15-26-17-18-12-8-7-9-13-18/h7-9,12-13,19H,6,10-11,14-17H2,1-5H3,(H2,22,23,24). The van der Waals surface area contributed by atoms with Crippen molar-refractivity contribution >= 4 is 5.96 Å². The van der Waals surface area contributed by atoms with E-state index >= 15 is 0 Å². The molecule has 0 saturated carbocycles. The van der Waals surface area contributed by atoms with Crippen LogP contribution in [-0.2, 0) is 16.1 Å². The lowest BCUT2D eigenvalue weighted by molar-refractivity contribution is 0.0241. The van der Waals surface area contributed by atoms with Crippen molar-refractivity contribution in [3.63, 3.8) is 0 Å². The quantitative estimate of drug-likeness (QED) is 0.358. The van der Waals surface area contributed by atoms with Gasteiger partial charge in [0, 0.05) is 26.8 Å². The predicted molar refractivity (Wildman–Crippen MR) is 110 cm³/mol. The van der Waals surface area contributed by atoms with Crippen molar-refractivity contribution in [3.05, 3.63) is 35.9 Å². The highest BCUT2D eigenvalue weighted by molar-refractivity contribution is 5.79. The maximum absolute atomic E-state index is 5.72. The first-order chi connectivity index (χ1) is 12.5. The Morgan fingerprint density at radius 3 is 2.46 bits per heavy atom. The molecule has 0 heterocycles. The van der Waals surface area contributed by atoms with E-state index in [0.29, 0.717) is 13.2 Å². The third-order valence-corrected chi connectivity index (χ3v) is 4.13. The minimum absolute atomic E-state index is 0.0751. The number of hydrogen-bond donors (Lipinski definition) is 2. The molecule has 5 heteroatoms. The lowest BCUT2D eigenvalue weighted by atomic mass is 9.89. The molecule has 148 valence electrons. The number of unbranched alkanes of at least 4 members (excludes halogenated alkanes) is 1. The number of rotatable bonds is 11. The minimum atomic E-state index is 0.0751. The van der Waals surface area contributed by atoms with Crippen LogP contribution in [-0.4, -0.2) is 45.4 Å². The van der Waals surface area contributed by atoms with Crippen LogP contribution >= 0.6 is 0 Å². The fourth-order valence-electron chi connectivity index (χ4n) is 2.52. The average Bonchev–Trinajstić information content (AvgIpc) is 2.61. The SMILES string of the molecule is CCNC(=NCC(OC)C(C)(C)C)NCCCCOCc1ccccc1. The van der Waals surface area contributed by atoms with Crippen molar-refractivity contribution < 1.29 is 9.47 Å². The van der Waals surface area contributed by atoms with Crippen LogP contribution in [0.1, 0.15) is 46.1 Å². The molecule has 0 fully saturated rings. The maximum atomic E-state index is 5.72. The van der Waals surface area contributed by atoms with Gasteiger partial charge in [0.25, 0.3) is 0 Å². The number of aliphatic imine (C=N–C) groups is 1. The van der Waals surface area contributed by atoms with Crippen LogP contribution < -0.4 is 10.6 Å². The Balaban J connectivity index is 2.23. The summed E-state index contributed by atoms with van der Waals surface area (Å²) < 4.78 is 11.3. The summed E-state index contributed by atoms with van der Waals surface area (Å²) in [5, 5.41) is 6.68. The fourth-order valence-corrected chi connectivity index (χ4v) is 2.52. The predicted octanol–water partition coefficient (Wildman–Crippen LogP) is 3.60. The Labute approximate surface area is 159 Å². The Kier molecular flexibility index (Phi) is 11.0. The van der Waals surface area contributed by atoms with Gasteiger partial charge in [-0.25, -0.2) is 0 Å².